The van der Waals surface area contributed by atoms with E-state index >= 15 is 0 Å². The smallest absolute Gasteiger partial charge is 0.259 e. The Kier molecular flexibility index (Phi) is 5.20. The molecule has 1 fully saturated rings. The summed E-state index contributed by atoms with van der Waals surface area (Å²) in [6.45, 7) is 5.28. The number of aryl methyl sites for hydroxylation is 2. The molecule has 0 N–H and O–H groups in total. The third-order valence-corrected chi connectivity index (χ3v) is 5.34. The molecule has 0 bridgehead atoms. The van der Waals surface area contributed by atoms with Gasteiger partial charge in [-0.15, -0.1) is 0 Å². The molecule has 1 unspecified atom stereocenters. The number of halogens is 1. The number of hydrogen-bond donors (Lipinski definition) is 0. The van der Waals surface area contributed by atoms with Crippen LogP contribution >= 0.6 is 11.6 Å². The lowest BCUT2D eigenvalue weighted by Gasteiger charge is -2.33. The first-order valence-corrected chi connectivity index (χ1v) is 9.61. The topological polar surface area (TPSA) is 55.6 Å². The Morgan fingerprint density at radius 3 is 2.64 bits per heavy atom. The van der Waals surface area contributed by atoms with E-state index in [0.29, 0.717) is 47.3 Å². The van der Waals surface area contributed by atoms with Crippen molar-refractivity contribution < 1.29 is 14.1 Å². The van der Waals surface area contributed by atoms with Gasteiger partial charge in [0.25, 0.3) is 5.91 Å². The average molecular weight is 397 g/mol. The van der Waals surface area contributed by atoms with Gasteiger partial charge in [-0.05, 0) is 25.5 Å². The van der Waals surface area contributed by atoms with Crippen LogP contribution in [0.25, 0.3) is 11.3 Å². The van der Waals surface area contributed by atoms with Gasteiger partial charge in [-0.1, -0.05) is 64.8 Å². The summed E-state index contributed by atoms with van der Waals surface area (Å²) in [6, 6.07) is 15.5. The van der Waals surface area contributed by atoms with Gasteiger partial charge in [-0.3, -0.25) is 4.79 Å². The maximum absolute atomic E-state index is 13.3. The van der Waals surface area contributed by atoms with E-state index in [0.717, 1.165) is 5.56 Å². The molecule has 1 amide bonds. The Labute approximate surface area is 168 Å². The van der Waals surface area contributed by atoms with Gasteiger partial charge in [-0.25, -0.2) is 0 Å². The fourth-order valence-electron chi connectivity index (χ4n) is 3.44. The van der Waals surface area contributed by atoms with E-state index in [1.807, 2.05) is 37.3 Å². The number of morpholine rings is 1. The third kappa shape index (κ3) is 3.55. The van der Waals surface area contributed by atoms with Crippen molar-refractivity contribution in [2.24, 2.45) is 0 Å². The Morgan fingerprint density at radius 2 is 1.89 bits per heavy atom. The molecule has 1 saturated heterocycles. The number of nitrogens with zero attached hydrogens (tertiary/aromatic N) is 2. The Hall–Kier alpha value is -2.63. The minimum atomic E-state index is -0.151. The number of carbonyl (C=O) groups is 1. The second-order valence-electron chi connectivity index (χ2n) is 6.96. The fourth-order valence-corrected chi connectivity index (χ4v) is 3.66. The highest BCUT2D eigenvalue weighted by Gasteiger charge is 2.31. The number of aromatic nitrogens is 1. The second kappa shape index (κ2) is 7.78. The lowest BCUT2D eigenvalue weighted by molar-refractivity contribution is -0.0228. The summed E-state index contributed by atoms with van der Waals surface area (Å²) in [6.07, 6.45) is -0.151. The Morgan fingerprint density at radius 1 is 1.14 bits per heavy atom. The summed E-state index contributed by atoms with van der Waals surface area (Å²) in [4.78, 5) is 15.1. The SMILES string of the molecule is Cc1ccc(C2CN(C(=O)c3c(-c4ccccc4Cl)noc3C)CCO2)cc1. The van der Waals surface area contributed by atoms with Crippen molar-refractivity contribution in [1.29, 1.82) is 0 Å². The van der Waals surface area contributed by atoms with E-state index in [4.69, 9.17) is 20.9 Å². The maximum Gasteiger partial charge on any atom is 0.259 e. The standard InChI is InChI=1S/C22H21ClN2O3/c1-14-7-9-16(10-8-14)19-13-25(11-12-27-19)22(26)20-15(2)28-24-21(20)17-5-3-4-6-18(17)23/h3-10,19H,11-13H2,1-2H3. The van der Waals surface area contributed by atoms with Crippen molar-refractivity contribution in [2.45, 2.75) is 20.0 Å². The first kappa shape index (κ1) is 18.7. The predicted octanol–water partition coefficient (Wildman–Crippen LogP) is 4.83. The van der Waals surface area contributed by atoms with Gasteiger partial charge in [-0.2, -0.15) is 0 Å². The normalized spacial score (nSPS) is 17.0. The van der Waals surface area contributed by atoms with Crippen molar-refractivity contribution in [2.75, 3.05) is 19.7 Å². The quantitative estimate of drug-likeness (QED) is 0.636. The summed E-state index contributed by atoms with van der Waals surface area (Å²) >= 11 is 6.32. The van der Waals surface area contributed by atoms with Crippen molar-refractivity contribution >= 4 is 17.5 Å². The zero-order valence-corrected chi connectivity index (χ0v) is 16.6. The molecule has 2 aromatic carbocycles. The van der Waals surface area contributed by atoms with Crippen LogP contribution in [0.15, 0.2) is 53.1 Å². The molecule has 1 aromatic heterocycles. The minimum absolute atomic E-state index is 0.117. The van der Waals surface area contributed by atoms with Gasteiger partial charge in [0.05, 0.1) is 18.2 Å². The van der Waals surface area contributed by atoms with Crippen molar-refractivity contribution in [3.63, 3.8) is 0 Å². The monoisotopic (exact) mass is 396 g/mol. The molecular formula is C22H21ClN2O3. The van der Waals surface area contributed by atoms with Crippen LogP contribution in [0.4, 0.5) is 0 Å². The summed E-state index contributed by atoms with van der Waals surface area (Å²) in [7, 11) is 0. The highest BCUT2D eigenvalue weighted by molar-refractivity contribution is 6.33. The molecule has 2 heterocycles. The van der Waals surface area contributed by atoms with E-state index in [1.54, 1.807) is 17.9 Å². The molecule has 1 aliphatic rings. The molecule has 28 heavy (non-hydrogen) atoms. The predicted molar refractivity (Wildman–Crippen MR) is 107 cm³/mol. The second-order valence-corrected chi connectivity index (χ2v) is 7.37. The molecular weight excluding hydrogens is 376 g/mol. The highest BCUT2D eigenvalue weighted by Crippen LogP contribution is 2.32. The van der Waals surface area contributed by atoms with Crippen molar-refractivity contribution in [3.8, 4) is 11.3 Å². The summed E-state index contributed by atoms with van der Waals surface area (Å²) in [5.74, 6) is 0.368. The zero-order valence-electron chi connectivity index (χ0n) is 15.8. The maximum atomic E-state index is 13.3. The van der Waals surface area contributed by atoms with Crippen LogP contribution < -0.4 is 0 Å². The van der Waals surface area contributed by atoms with Gasteiger partial charge in [0.2, 0.25) is 0 Å². The molecule has 1 atom stereocenters. The van der Waals surface area contributed by atoms with E-state index in [9.17, 15) is 4.79 Å². The first-order valence-electron chi connectivity index (χ1n) is 9.23. The summed E-state index contributed by atoms with van der Waals surface area (Å²) in [5.41, 5.74) is 3.88. The van der Waals surface area contributed by atoms with Gasteiger partial charge in [0.1, 0.15) is 23.1 Å². The Bertz CT molecular complexity index is 997. The lowest BCUT2D eigenvalue weighted by Crippen LogP contribution is -2.42. The molecule has 0 radical (unpaired) electrons. The number of carbonyl (C=O) groups excluding carboxylic acids is 1. The van der Waals surface area contributed by atoms with Crippen LogP contribution in [-0.4, -0.2) is 35.7 Å². The van der Waals surface area contributed by atoms with Gasteiger partial charge < -0.3 is 14.2 Å². The molecule has 144 valence electrons. The highest BCUT2D eigenvalue weighted by atomic mass is 35.5. The average Bonchev–Trinajstić information content (AvgIpc) is 3.09. The first-order chi connectivity index (χ1) is 13.5. The molecule has 5 nitrogen and oxygen atoms in total. The van der Waals surface area contributed by atoms with Gasteiger partial charge in [0, 0.05) is 12.1 Å². The molecule has 6 heteroatoms. The van der Waals surface area contributed by atoms with E-state index in [1.165, 1.54) is 5.56 Å². The third-order valence-electron chi connectivity index (χ3n) is 5.01. The number of rotatable bonds is 3. The van der Waals surface area contributed by atoms with Gasteiger partial charge in [0.15, 0.2) is 0 Å². The lowest BCUT2D eigenvalue weighted by atomic mass is 10.0. The number of amides is 1. The zero-order chi connectivity index (χ0) is 19.7. The van der Waals surface area contributed by atoms with Crippen LogP contribution in [0.2, 0.25) is 5.02 Å². The number of ether oxygens (including phenoxy) is 1. The van der Waals surface area contributed by atoms with Crippen molar-refractivity contribution in [1.82, 2.24) is 10.1 Å². The fraction of sp³-hybridized carbons (Fsp3) is 0.273. The van der Waals surface area contributed by atoms with E-state index in [2.05, 4.69) is 17.3 Å². The van der Waals surface area contributed by atoms with Crippen molar-refractivity contribution in [3.05, 3.63) is 76.0 Å². The van der Waals surface area contributed by atoms with Crippen LogP contribution in [-0.2, 0) is 4.74 Å². The largest absolute Gasteiger partial charge is 0.370 e. The van der Waals surface area contributed by atoms with Crippen LogP contribution in [0, 0.1) is 13.8 Å². The van der Waals surface area contributed by atoms with Crippen LogP contribution in [0.3, 0.4) is 0 Å². The molecule has 0 saturated carbocycles. The summed E-state index contributed by atoms with van der Waals surface area (Å²) < 4.78 is 11.3. The number of benzene rings is 2. The van der Waals surface area contributed by atoms with E-state index in [-0.39, 0.29) is 12.0 Å². The molecule has 3 aromatic rings. The number of hydrogen-bond acceptors (Lipinski definition) is 4. The van der Waals surface area contributed by atoms with Crippen LogP contribution in [0.1, 0.15) is 33.3 Å². The van der Waals surface area contributed by atoms with Gasteiger partial charge >= 0.3 is 0 Å². The Balaban J connectivity index is 1.62. The minimum Gasteiger partial charge on any atom is -0.370 e. The van der Waals surface area contributed by atoms with E-state index < -0.39 is 0 Å². The summed E-state index contributed by atoms with van der Waals surface area (Å²) in [5, 5.41) is 4.64. The molecule has 4 rings (SSSR count). The van der Waals surface area contributed by atoms with Crippen LogP contribution in [0.5, 0.6) is 0 Å². The molecule has 1 aliphatic heterocycles. The molecule has 0 aliphatic carbocycles. The molecule has 0 spiro atoms.